The van der Waals surface area contributed by atoms with Crippen LogP contribution in [0.1, 0.15) is 77.7 Å². The van der Waals surface area contributed by atoms with E-state index in [1.807, 2.05) is 18.2 Å². The van der Waals surface area contributed by atoms with E-state index in [2.05, 4.69) is 44.8 Å². The van der Waals surface area contributed by atoms with Gasteiger partial charge in [-0.2, -0.15) is 0 Å². The van der Waals surface area contributed by atoms with Crippen LogP contribution in [0.2, 0.25) is 0 Å². The van der Waals surface area contributed by atoms with Crippen molar-refractivity contribution < 1.29 is 4.79 Å². The van der Waals surface area contributed by atoms with Crippen LogP contribution < -0.4 is 5.32 Å². The van der Waals surface area contributed by atoms with Crippen LogP contribution in [0.5, 0.6) is 0 Å². The molecular formula is C21H33NO. The number of hydrogen-bond acceptors (Lipinski definition) is 1. The SMILES string of the molecule is C=CCCCCCCCCC(=O)Nc1ccc(C(C)(C)C)cc1. The standard InChI is InChI=1S/C21H33NO/c1-5-6-7-8-9-10-11-12-13-20(23)22-19-16-14-18(15-17-19)21(2,3)4/h5,14-17H,1,6-13H2,2-4H3,(H,22,23). The van der Waals surface area contributed by atoms with Gasteiger partial charge in [0.15, 0.2) is 0 Å². The summed E-state index contributed by atoms with van der Waals surface area (Å²) in [6.07, 6.45) is 10.9. The van der Waals surface area contributed by atoms with Crippen LogP contribution in [0.15, 0.2) is 36.9 Å². The first-order valence-corrected chi connectivity index (χ1v) is 8.95. The summed E-state index contributed by atoms with van der Waals surface area (Å²) in [5.74, 6) is 0.125. The van der Waals surface area contributed by atoms with Gasteiger partial charge in [0, 0.05) is 12.1 Å². The molecule has 0 atom stereocenters. The van der Waals surface area contributed by atoms with E-state index in [-0.39, 0.29) is 11.3 Å². The average molecular weight is 316 g/mol. The van der Waals surface area contributed by atoms with E-state index in [0.29, 0.717) is 6.42 Å². The molecule has 1 aromatic carbocycles. The predicted octanol–water partition coefficient (Wildman–Crippen LogP) is 6.23. The molecule has 0 aliphatic rings. The molecule has 0 saturated carbocycles. The Kier molecular flexibility index (Phi) is 8.68. The van der Waals surface area contributed by atoms with Crippen molar-refractivity contribution in [3.8, 4) is 0 Å². The summed E-state index contributed by atoms with van der Waals surface area (Å²) in [5, 5.41) is 2.99. The molecule has 0 spiro atoms. The van der Waals surface area contributed by atoms with Crippen molar-refractivity contribution in [2.75, 3.05) is 5.32 Å². The number of hydrogen-bond donors (Lipinski definition) is 1. The van der Waals surface area contributed by atoms with Gasteiger partial charge in [-0.3, -0.25) is 4.79 Å². The summed E-state index contributed by atoms with van der Waals surface area (Å²) in [4.78, 5) is 11.9. The third kappa shape index (κ3) is 8.59. The Bertz CT molecular complexity index is 468. The minimum atomic E-state index is 0.125. The molecule has 0 fully saturated rings. The van der Waals surface area contributed by atoms with Crippen LogP contribution in [0.4, 0.5) is 5.69 Å². The second-order valence-electron chi connectivity index (χ2n) is 7.32. The minimum Gasteiger partial charge on any atom is -0.326 e. The Morgan fingerprint density at radius 1 is 1.00 bits per heavy atom. The van der Waals surface area contributed by atoms with Crippen molar-refractivity contribution in [3.63, 3.8) is 0 Å². The zero-order valence-electron chi connectivity index (χ0n) is 15.2. The zero-order chi connectivity index (χ0) is 17.1. The molecule has 1 rings (SSSR count). The van der Waals surface area contributed by atoms with Crippen LogP contribution in [-0.2, 0) is 10.2 Å². The number of allylic oxidation sites excluding steroid dienone is 1. The van der Waals surface area contributed by atoms with Crippen molar-refractivity contribution in [3.05, 3.63) is 42.5 Å². The predicted molar refractivity (Wildman–Crippen MR) is 101 cm³/mol. The first kappa shape index (κ1) is 19.5. The van der Waals surface area contributed by atoms with Gasteiger partial charge in [0.25, 0.3) is 0 Å². The van der Waals surface area contributed by atoms with Crippen LogP contribution in [0.3, 0.4) is 0 Å². The van der Waals surface area contributed by atoms with Crippen molar-refractivity contribution in [1.29, 1.82) is 0 Å². The molecule has 0 aliphatic carbocycles. The van der Waals surface area contributed by atoms with Gasteiger partial charge < -0.3 is 5.32 Å². The summed E-state index contributed by atoms with van der Waals surface area (Å²) >= 11 is 0. The molecule has 0 aromatic heterocycles. The maximum absolute atomic E-state index is 11.9. The Hall–Kier alpha value is -1.57. The normalized spacial score (nSPS) is 11.3. The maximum atomic E-state index is 11.9. The fourth-order valence-electron chi connectivity index (χ4n) is 2.56. The number of amides is 1. The Morgan fingerprint density at radius 3 is 2.13 bits per heavy atom. The van der Waals surface area contributed by atoms with Gasteiger partial charge >= 0.3 is 0 Å². The number of carbonyl (C=O) groups excluding carboxylic acids is 1. The highest BCUT2D eigenvalue weighted by molar-refractivity contribution is 5.90. The van der Waals surface area contributed by atoms with Gasteiger partial charge in [0.2, 0.25) is 5.91 Å². The third-order valence-corrected chi connectivity index (χ3v) is 4.10. The second-order valence-corrected chi connectivity index (χ2v) is 7.32. The summed E-state index contributed by atoms with van der Waals surface area (Å²) in [6.45, 7) is 10.3. The van der Waals surface area contributed by atoms with Gasteiger partial charge in [0.1, 0.15) is 0 Å². The van der Waals surface area contributed by atoms with E-state index >= 15 is 0 Å². The number of unbranched alkanes of at least 4 members (excludes halogenated alkanes) is 6. The monoisotopic (exact) mass is 315 g/mol. The molecular weight excluding hydrogens is 282 g/mol. The number of benzene rings is 1. The molecule has 128 valence electrons. The van der Waals surface area contributed by atoms with E-state index in [4.69, 9.17) is 0 Å². The molecule has 0 heterocycles. The molecule has 0 radical (unpaired) electrons. The van der Waals surface area contributed by atoms with E-state index in [1.165, 1.54) is 31.2 Å². The Balaban J connectivity index is 2.18. The number of rotatable bonds is 10. The smallest absolute Gasteiger partial charge is 0.224 e. The fourth-order valence-corrected chi connectivity index (χ4v) is 2.56. The van der Waals surface area contributed by atoms with Crippen molar-refractivity contribution in [2.45, 2.75) is 77.6 Å². The maximum Gasteiger partial charge on any atom is 0.224 e. The quantitative estimate of drug-likeness (QED) is 0.402. The van der Waals surface area contributed by atoms with Gasteiger partial charge in [-0.25, -0.2) is 0 Å². The van der Waals surface area contributed by atoms with Crippen LogP contribution in [0, 0.1) is 0 Å². The minimum absolute atomic E-state index is 0.125. The molecule has 2 nitrogen and oxygen atoms in total. The van der Waals surface area contributed by atoms with E-state index in [0.717, 1.165) is 24.9 Å². The Morgan fingerprint density at radius 2 is 1.57 bits per heavy atom. The number of carbonyl (C=O) groups is 1. The molecule has 2 heteroatoms. The van der Waals surface area contributed by atoms with Crippen LogP contribution in [-0.4, -0.2) is 5.91 Å². The Labute approximate surface area is 142 Å². The molecule has 0 saturated heterocycles. The molecule has 1 amide bonds. The molecule has 0 unspecified atom stereocenters. The summed E-state index contributed by atoms with van der Waals surface area (Å²) in [5.41, 5.74) is 2.33. The average Bonchev–Trinajstić information content (AvgIpc) is 2.49. The lowest BCUT2D eigenvalue weighted by Crippen LogP contribution is -2.13. The molecule has 0 bridgehead atoms. The topological polar surface area (TPSA) is 29.1 Å². The van der Waals surface area contributed by atoms with E-state index in [1.54, 1.807) is 0 Å². The van der Waals surface area contributed by atoms with Crippen LogP contribution >= 0.6 is 0 Å². The second kappa shape index (κ2) is 10.3. The summed E-state index contributed by atoms with van der Waals surface area (Å²) in [7, 11) is 0. The largest absolute Gasteiger partial charge is 0.326 e. The van der Waals surface area contributed by atoms with Crippen molar-refractivity contribution in [1.82, 2.24) is 0 Å². The summed E-state index contributed by atoms with van der Waals surface area (Å²) in [6, 6.07) is 8.19. The highest BCUT2D eigenvalue weighted by atomic mass is 16.1. The molecule has 0 aliphatic heterocycles. The van der Waals surface area contributed by atoms with Gasteiger partial charge in [-0.15, -0.1) is 6.58 Å². The third-order valence-electron chi connectivity index (χ3n) is 4.10. The lowest BCUT2D eigenvalue weighted by atomic mass is 9.87. The van der Waals surface area contributed by atoms with E-state index < -0.39 is 0 Å². The van der Waals surface area contributed by atoms with Gasteiger partial charge in [-0.1, -0.05) is 64.7 Å². The van der Waals surface area contributed by atoms with Gasteiger partial charge in [-0.05, 0) is 42.4 Å². The number of nitrogens with one attached hydrogen (secondary N) is 1. The summed E-state index contributed by atoms with van der Waals surface area (Å²) < 4.78 is 0. The lowest BCUT2D eigenvalue weighted by Gasteiger charge is -2.19. The fraction of sp³-hybridized carbons (Fsp3) is 0.571. The highest BCUT2D eigenvalue weighted by Gasteiger charge is 2.13. The van der Waals surface area contributed by atoms with Crippen molar-refractivity contribution in [2.24, 2.45) is 0 Å². The van der Waals surface area contributed by atoms with Crippen molar-refractivity contribution >= 4 is 11.6 Å². The van der Waals surface area contributed by atoms with Crippen LogP contribution in [0.25, 0.3) is 0 Å². The zero-order valence-corrected chi connectivity index (χ0v) is 15.2. The first-order chi connectivity index (χ1) is 10.9. The molecule has 1 aromatic rings. The molecule has 23 heavy (non-hydrogen) atoms. The lowest BCUT2D eigenvalue weighted by molar-refractivity contribution is -0.116. The molecule has 1 N–H and O–H groups in total. The van der Waals surface area contributed by atoms with E-state index in [9.17, 15) is 4.79 Å². The van der Waals surface area contributed by atoms with Gasteiger partial charge in [0.05, 0.1) is 0 Å². The number of anilines is 1. The highest BCUT2D eigenvalue weighted by Crippen LogP contribution is 2.23. The first-order valence-electron chi connectivity index (χ1n) is 8.95.